The first-order chi connectivity index (χ1) is 17.7. The highest BCUT2D eigenvalue weighted by molar-refractivity contribution is 6.03. The maximum Gasteiger partial charge on any atom is 0.416 e. The highest BCUT2D eigenvalue weighted by atomic mass is 19.4. The van der Waals surface area contributed by atoms with E-state index in [4.69, 9.17) is 0 Å². The number of likely N-dealkylation sites (N-methyl/N-ethyl adjacent to an activating group) is 1. The van der Waals surface area contributed by atoms with Crippen molar-refractivity contribution in [1.29, 1.82) is 0 Å². The van der Waals surface area contributed by atoms with E-state index < -0.39 is 17.3 Å². The number of nitrogens with zero attached hydrogens (tertiary/aromatic N) is 3. The normalized spacial score (nSPS) is 15.1. The van der Waals surface area contributed by atoms with Crippen LogP contribution in [0.25, 0.3) is 21.9 Å². The van der Waals surface area contributed by atoms with Crippen LogP contribution in [0.4, 0.5) is 24.5 Å². The van der Waals surface area contributed by atoms with Gasteiger partial charge in [0.05, 0.1) is 16.8 Å². The molecule has 3 aromatic carbocycles. The Kier molecular flexibility index (Phi) is 6.47. The topological polar surface area (TPSA) is 71.9 Å². The molecule has 1 aliphatic rings. The molecule has 0 radical (unpaired) electrons. The average Bonchev–Trinajstić information content (AvgIpc) is 2.89. The third-order valence-electron chi connectivity index (χ3n) is 6.65. The number of alkyl halides is 3. The quantitative estimate of drug-likeness (QED) is 0.363. The van der Waals surface area contributed by atoms with Crippen LogP contribution in [0.15, 0.2) is 76.5 Å². The third kappa shape index (κ3) is 5.22. The molecule has 0 bridgehead atoms. The van der Waals surface area contributed by atoms with Gasteiger partial charge in [0, 0.05) is 48.9 Å². The van der Waals surface area contributed by atoms with Gasteiger partial charge >= 0.3 is 6.18 Å². The second kappa shape index (κ2) is 9.74. The number of nitrogens with one attached hydrogen (secondary N) is 1. The monoisotopic (exact) mass is 506 g/mol. The lowest BCUT2D eigenvalue weighted by Gasteiger charge is -2.34. The van der Waals surface area contributed by atoms with E-state index in [1.165, 1.54) is 18.3 Å². The van der Waals surface area contributed by atoms with Gasteiger partial charge in [-0.3, -0.25) is 14.8 Å². The van der Waals surface area contributed by atoms with Crippen molar-refractivity contribution in [3.8, 4) is 17.0 Å². The zero-order valence-electron chi connectivity index (χ0n) is 20.1. The number of hydrogen-bond acceptors (Lipinski definition) is 5. The number of pyridine rings is 1. The molecule has 5 rings (SSSR count). The number of benzene rings is 3. The average molecular weight is 507 g/mol. The molecule has 190 valence electrons. The summed E-state index contributed by atoms with van der Waals surface area (Å²) in [5.74, 6) is -0.333. The van der Waals surface area contributed by atoms with Gasteiger partial charge in [-0.2, -0.15) is 13.2 Å². The summed E-state index contributed by atoms with van der Waals surface area (Å²) in [5.41, 5.74) is 2.06. The van der Waals surface area contributed by atoms with E-state index >= 15 is 0 Å². The Morgan fingerprint density at radius 1 is 0.892 bits per heavy atom. The van der Waals surface area contributed by atoms with Gasteiger partial charge in [0.25, 0.3) is 5.56 Å². The number of aromatic nitrogens is 1. The second-order valence-corrected chi connectivity index (χ2v) is 9.12. The Balaban J connectivity index is 1.46. The molecular formula is C28H25F3N4O2. The number of piperazine rings is 1. The molecule has 1 fully saturated rings. The number of aromatic hydroxyl groups is 1. The van der Waals surface area contributed by atoms with Gasteiger partial charge in [-0.05, 0) is 66.7 Å². The number of H-pyrrole nitrogens is 1. The number of anilines is 1. The predicted molar refractivity (Wildman–Crippen MR) is 140 cm³/mol. The number of fused-ring (bicyclic) bond motifs is 1. The molecule has 0 atom stereocenters. The second-order valence-electron chi connectivity index (χ2n) is 9.12. The first-order valence-corrected chi connectivity index (χ1v) is 11.8. The zero-order valence-corrected chi connectivity index (χ0v) is 20.1. The van der Waals surface area contributed by atoms with Crippen LogP contribution in [0.2, 0.25) is 0 Å². The molecule has 37 heavy (non-hydrogen) atoms. The molecule has 0 unspecified atom stereocenters. The molecule has 6 nitrogen and oxygen atoms in total. The van der Waals surface area contributed by atoms with Crippen LogP contribution >= 0.6 is 0 Å². The van der Waals surface area contributed by atoms with Gasteiger partial charge in [-0.1, -0.05) is 18.2 Å². The maximum atomic E-state index is 12.9. The number of hydrogen-bond donors (Lipinski definition) is 2. The van der Waals surface area contributed by atoms with E-state index in [1.54, 1.807) is 18.2 Å². The molecule has 0 saturated carbocycles. The Hall–Kier alpha value is -4.11. The van der Waals surface area contributed by atoms with Crippen LogP contribution in [-0.2, 0) is 6.18 Å². The molecule has 4 aromatic rings. The zero-order chi connectivity index (χ0) is 26.2. The SMILES string of the molecule is CN1CCN(c2ccc(N=Cc3c(O)[nH]c(=O)c4ccc(-c5ccc(C(F)(F)F)cc5)cc34)cc2)CC1. The van der Waals surface area contributed by atoms with Crippen molar-refractivity contribution in [2.24, 2.45) is 4.99 Å². The molecule has 0 amide bonds. The minimum absolute atomic E-state index is 0.312. The molecule has 9 heteroatoms. The van der Waals surface area contributed by atoms with Crippen molar-refractivity contribution in [2.45, 2.75) is 6.18 Å². The van der Waals surface area contributed by atoms with Crippen LogP contribution in [0.5, 0.6) is 5.88 Å². The van der Waals surface area contributed by atoms with Crippen molar-refractivity contribution < 1.29 is 18.3 Å². The van der Waals surface area contributed by atoms with Crippen molar-refractivity contribution in [1.82, 2.24) is 9.88 Å². The molecule has 0 aliphatic carbocycles. The fourth-order valence-corrected chi connectivity index (χ4v) is 4.45. The van der Waals surface area contributed by atoms with Crippen LogP contribution in [0.1, 0.15) is 11.1 Å². The van der Waals surface area contributed by atoms with Gasteiger partial charge in [0.2, 0.25) is 5.88 Å². The predicted octanol–water partition coefficient (Wildman–Crippen LogP) is 5.42. The lowest BCUT2D eigenvalue weighted by molar-refractivity contribution is -0.137. The highest BCUT2D eigenvalue weighted by Gasteiger charge is 2.30. The highest BCUT2D eigenvalue weighted by Crippen LogP contribution is 2.32. The number of halogens is 3. The summed E-state index contributed by atoms with van der Waals surface area (Å²) in [6.07, 6.45) is -2.94. The van der Waals surface area contributed by atoms with Crippen LogP contribution < -0.4 is 10.5 Å². The van der Waals surface area contributed by atoms with E-state index in [2.05, 4.69) is 26.8 Å². The summed E-state index contributed by atoms with van der Waals surface area (Å²) in [5, 5.41) is 11.3. The first kappa shape index (κ1) is 24.6. The number of aliphatic imine (C=N–C) groups is 1. The van der Waals surface area contributed by atoms with Crippen molar-refractivity contribution in [3.63, 3.8) is 0 Å². The fourth-order valence-electron chi connectivity index (χ4n) is 4.45. The van der Waals surface area contributed by atoms with Crippen LogP contribution in [0, 0.1) is 0 Å². The molecule has 1 aromatic heterocycles. The van der Waals surface area contributed by atoms with Crippen molar-refractivity contribution >= 4 is 28.4 Å². The lowest BCUT2D eigenvalue weighted by atomic mass is 9.99. The minimum atomic E-state index is -4.42. The standard InChI is InChI=1S/C28H25F3N4O2/c1-34-12-14-35(15-13-34)22-9-7-21(8-10-22)32-17-25-24-16-19(4-11-23(24)26(36)33-27(25)37)18-2-5-20(6-3-18)28(29,30)31/h2-11,16-17H,12-15H2,1H3,(H2,33,36,37). The van der Waals surface area contributed by atoms with Gasteiger partial charge in [-0.25, -0.2) is 0 Å². The fraction of sp³-hybridized carbons (Fsp3) is 0.214. The molecule has 0 spiro atoms. The van der Waals surface area contributed by atoms with E-state index in [1.807, 2.05) is 24.3 Å². The molecule has 2 heterocycles. The maximum absolute atomic E-state index is 12.9. The van der Waals surface area contributed by atoms with Crippen LogP contribution in [0.3, 0.4) is 0 Å². The van der Waals surface area contributed by atoms with E-state index in [9.17, 15) is 23.1 Å². The largest absolute Gasteiger partial charge is 0.494 e. The van der Waals surface area contributed by atoms with E-state index in [0.29, 0.717) is 33.2 Å². The van der Waals surface area contributed by atoms with Crippen molar-refractivity contribution in [3.05, 3.63) is 88.2 Å². The summed E-state index contributed by atoms with van der Waals surface area (Å²) in [7, 11) is 2.11. The van der Waals surface area contributed by atoms with Gasteiger partial charge in [0.15, 0.2) is 0 Å². The van der Waals surface area contributed by atoms with Gasteiger partial charge in [0.1, 0.15) is 0 Å². The molecule has 1 saturated heterocycles. The number of rotatable bonds is 4. The van der Waals surface area contributed by atoms with E-state index in [0.717, 1.165) is 44.0 Å². The Bertz CT molecular complexity index is 1500. The molecule has 2 N–H and O–H groups in total. The summed E-state index contributed by atoms with van der Waals surface area (Å²) in [6, 6.07) is 17.5. The molecule has 1 aliphatic heterocycles. The number of aromatic amines is 1. The lowest BCUT2D eigenvalue weighted by Crippen LogP contribution is -2.44. The Labute approximate surface area is 211 Å². The minimum Gasteiger partial charge on any atom is -0.494 e. The smallest absolute Gasteiger partial charge is 0.416 e. The van der Waals surface area contributed by atoms with Gasteiger partial charge in [-0.15, -0.1) is 0 Å². The Morgan fingerprint density at radius 2 is 1.54 bits per heavy atom. The first-order valence-electron chi connectivity index (χ1n) is 11.8. The Morgan fingerprint density at radius 3 is 2.19 bits per heavy atom. The summed E-state index contributed by atoms with van der Waals surface area (Å²) in [4.78, 5) is 24.0. The summed E-state index contributed by atoms with van der Waals surface area (Å²) >= 11 is 0. The summed E-state index contributed by atoms with van der Waals surface area (Å²) < 4.78 is 38.8. The van der Waals surface area contributed by atoms with Gasteiger partial charge < -0.3 is 14.9 Å². The third-order valence-corrected chi connectivity index (χ3v) is 6.65. The van der Waals surface area contributed by atoms with Crippen LogP contribution in [-0.4, -0.2) is 54.4 Å². The van der Waals surface area contributed by atoms with Crippen molar-refractivity contribution in [2.75, 3.05) is 38.1 Å². The summed E-state index contributed by atoms with van der Waals surface area (Å²) in [6.45, 7) is 3.93. The van der Waals surface area contributed by atoms with E-state index in [-0.39, 0.29) is 5.88 Å². The molecular weight excluding hydrogens is 481 g/mol.